The van der Waals surface area contributed by atoms with Crippen molar-refractivity contribution in [3.63, 3.8) is 0 Å². The van der Waals surface area contributed by atoms with Gasteiger partial charge in [-0.1, -0.05) is 12.1 Å². The number of fused-ring (bicyclic) bond motifs is 1. The van der Waals surface area contributed by atoms with Gasteiger partial charge in [0.05, 0.1) is 7.11 Å². The van der Waals surface area contributed by atoms with Crippen LogP contribution in [0.15, 0.2) is 24.3 Å². The largest absolute Gasteiger partial charge is 0.494 e. The number of ether oxygens (including phenoxy) is 1. The molecule has 0 unspecified atom stereocenters. The van der Waals surface area contributed by atoms with E-state index in [2.05, 4.69) is 48.1 Å². The lowest BCUT2D eigenvalue weighted by molar-refractivity contribution is 0.416. The SMILES string of the molecule is COc1cccc2c(N(C)CCN(C)C)cc(C)nc12. The Balaban J connectivity index is 2.47. The van der Waals surface area contributed by atoms with Gasteiger partial charge in [0.1, 0.15) is 11.3 Å². The summed E-state index contributed by atoms with van der Waals surface area (Å²) in [7, 11) is 7.99. The summed E-state index contributed by atoms with van der Waals surface area (Å²) >= 11 is 0. The number of hydrogen-bond donors (Lipinski definition) is 0. The molecule has 4 nitrogen and oxygen atoms in total. The molecule has 0 amide bonds. The molecule has 0 fully saturated rings. The molecule has 0 atom stereocenters. The second-order valence-electron chi connectivity index (χ2n) is 5.36. The number of aromatic nitrogens is 1. The van der Waals surface area contributed by atoms with Gasteiger partial charge in [-0.05, 0) is 33.2 Å². The summed E-state index contributed by atoms with van der Waals surface area (Å²) in [5.41, 5.74) is 3.14. The molecule has 108 valence electrons. The Morgan fingerprint density at radius 3 is 2.55 bits per heavy atom. The summed E-state index contributed by atoms with van der Waals surface area (Å²) in [6, 6.07) is 8.21. The number of anilines is 1. The van der Waals surface area contributed by atoms with Crippen molar-refractivity contribution >= 4 is 16.6 Å². The van der Waals surface area contributed by atoms with E-state index in [1.165, 1.54) is 5.69 Å². The third-order valence-electron chi connectivity index (χ3n) is 3.42. The molecule has 2 rings (SSSR count). The highest BCUT2D eigenvalue weighted by molar-refractivity contribution is 5.95. The number of hydrogen-bond acceptors (Lipinski definition) is 4. The number of rotatable bonds is 5. The van der Waals surface area contributed by atoms with Crippen LogP contribution in [0.5, 0.6) is 5.75 Å². The Morgan fingerprint density at radius 2 is 1.90 bits per heavy atom. The third kappa shape index (κ3) is 3.02. The monoisotopic (exact) mass is 273 g/mol. The van der Waals surface area contributed by atoms with E-state index in [4.69, 9.17) is 4.74 Å². The van der Waals surface area contributed by atoms with E-state index in [0.717, 1.165) is 35.4 Å². The quantitative estimate of drug-likeness (QED) is 0.837. The molecule has 1 aromatic carbocycles. The van der Waals surface area contributed by atoms with Gasteiger partial charge in [0.15, 0.2) is 0 Å². The van der Waals surface area contributed by atoms with Crippen LogP contribution in [-0.2, 0) is 0 Å². The molecule has 0 radical (unpaired) electrons. The van der Waals surface area contributed by atoms with Crippen LogP contribution >= 0.6 is 0 Å². The van der Waals surface area contributed by atoms with Crippen molar-refractivity contribution in [1.29, 1.82) is 0 Å². The van der Waals surface area contributed by atoms with Gasteiger partial charge >= 0.3 is 0 Å². The molecule has 1 aromatic heterocycles. The minimum absolute atomic E-state index is 0.827. The van der Waals surface area contributed by atoms with Crippen molar-refractivity contribution < 1.29 is 4.74 Å². The van der Waals surface area contributed by atoms with Crippen molar-refractivity contribution in [2.75, 3.05) is 46.2 Å². The number of pyridine rings is 1. The van der Waals surface area contributed by atoms with Gasteiger partial charge in [0.2, 0.25) is 0 Å². The Kier molecular flexibility index (Phi) is 4.45. The fourth-order valence-electron chi connectivity index (χ4n) is 2.28. The van der Waals surface area contributed by atoms with Crippen LogP contribution in [0.4, 0.5) is 5.69 Å². The lowest BCUT2D eigenvalue weighted by Gasteiger charge is -2.23. The fraction of sp³-hybridized carbons (Fsp3) is 0.438. The first-order valence-electron chi connectivity index (χ1n) is 6.83. The average molecular weight is 273 g/mol. The van der Waals surface area contributed by atoms with E-state index in [1.54, 1.807) is 7.11 Å². The van der Waals surface area contributed by atoms with Crippen LogP contribution in [0.2, 0.25) is 0 Å². The summed E-state index contributed by atoms with van der Waals surface area (Å²) in [5, 5.41) is 1.14. The van der Waals surface area contributed by atoms with Crippen molar-refractivity contribution in [2.45, 2.75) is 6.92 Å². The molecular formula is C16H23N3O. The predicted octanol–water partition coefficient (Wildman–Crippen LogP) is 2.55. The molecule has 0 aliphatic rings. The van der Waals surface area contributed by atoms with Crippen LogP contribution in [0.1, 0.15) is 5.69 Å². The lowest BCUT2D eigenvalue weighted by atomic mass is 10.1. The van der Waals surface area contributed by atoms with Crippen molar-refractivity contribution in [2.24, 2.45) is 0 Å². The van der Waals surface area contributed by atoms with Crippen LogP contribution in [0.25, 0.3) is 10.9 Å². The zero-order chi connectivity index (χ0) is 14.7. The number of aryl methyl sites for hydroxylation is 1. The number of nitrogens with zero attached hydrogens (tertiary/aromatic N) is 3. The minimum Gasteiger partial charge on any atom is -0.494 e. The minimum atomic E-state index is 0.827. The van der Waals surface area contributed by atoms with E-state index >= 15 is 0 Å². The van der Waals surface area contributed by atoms with Gasteiger partial charge in [-0.15, -0.1) is 0 Å². The molecule has 0 saturated carbocycles. The van der Waals surface area contributed by atoms with Gasteiger partial charge in [-0.2, -0.15) is 0 Å². The smallest absolute Gasteiger partial charge is 0.145 e. The van der Waals surface area contributed by atoms with Crippen molar-refractivity contribution in [3.05, 3.63) is 30.0 Å². The molecule has 0 aliphatic heterocycles. The number of likely N-dealkylation sites (N-methyl/N-ethyl adjacent to an activating group) is 2. The summed E-state index contributed by atoms with van der Waals surface area (Å²) in [6.07, 6.45) is 0. The highest BCUT2D eigenvalue weighted by atomic mass is 16.5. The van der Waals surface area contributed by atoms with Gasteiger partial charge in [0, 0.05) is 36.9 Å². The van der Waals surface area contributed by atoms with Gasteiger partial charge < -0.3 is 14.5 Å². The molecule has 0 aliphatic carbocycles. The standard InChI is InChI=1S/C16H23N3O/c1-12-11-14(19(4)10-9-18(2)3)13-7-6-8-15(20-5)16(13)17-12/h6-8,11H,9-10H2,1-5H3. The maximum absolute atomic E-state index is 5.43. The highest BCUT2D eigenvalue weighted by Gasteiger charge is 2.11. The van der Waals surface area contributed by atoms with E-state index in [1.807, 2.05) is 19.1 Å². The number of para-hydroxylation sites is 1. The molecule has 2 aromatic rings. The van der Waals surface area contributed by atoms with Gasteiger partial charge in [-0.25, -0.2) is 4.98 Å². The maximum Gasteiger partial charge on any atom is 0.145 e. The molecule has 20 heavy (non-hydrogen) atoms. The van der Waals surface area contributed by atoms with Crippen LogP contribution in [0, 0.1) is 6.92 Å². The molecule has 4 heteroatoms. The summed E-state index contributed by atoms with van der Waals surface area (Å²) in [5.74, 6) is 0.827. The Bertz CT molecular complexity index is 596. The second-order valence-corrected chi connectivity index (χ2v) is 5.36. The van der Waals surface area contributed by atoms with Crippen molar-refractivity contribution in [1.82, 2.24) is 9.88 Å². The Hall–Kier alpha value is -1.81. The highest BCUT2D eigenvalue weighted by Crippen LogP contribution is 2.31. The summed E-state index contributed by atoms with van der Waals surface area (Å²) < 4.78 is 5.43. The number of methoxy groups -OCH3 is 1. The first-order chi connectivity index (χ1) is 9.52. The first-order valence-corrected chi connectivity index (χ1v) is 6.83. The van der Waals surface area contributed by atoms with Gasteiger partial charge in [0.25, 0.3) is 0 Å². The van der Waals surface area contributed by atoms with Gasteiger partial charge in [-0.3, -0.25) is 0 Å². The molecule has 0 N–H and O–H groups in total. The maximum atomic E-state index is 5.43. The second kappa shape index (κ2) is 6.09. The molecule has 0 saturated heterocycles. The van der Waals surface area contributed by atoms with E-state index in [-0.39, 0.29) is 0 Å². The zero-order valence-corrected chi connectivity index (χ0v) is 13.0. The average Bonchev–Trinajstić information content (AvgIpc) is 2.43. The third-order valence-corrected chi connectivity index (χ3v) is 3.42. The molecular weight excluding hydrogens is 250 g/mol. The summed E-state index contributed by atoms with van der Waals surface area (Å²) in [6.45, 7) is 4.02. The number of benzene rings is 1. The molecule has 0 spiro atoms. The van der Waals surface area contributed by atoms with E-state index in [0.29, 0.717) is 0 Å². The topological polar surface area (TPSA) is 28.6 Å². The fourth-order valence-corrected chi connectivity index (χ4v) is 2.28. The van der Waals surface area contributed by atoms with E-state index < -0.39 is 0 Å². The lowest BCUT2D eigenvalue weighted by Crippen LogP contribution is -2.28. The first kappa shape index (κ1) is 14.6. The van der Waals surface area contributed by atoms with Crippen LogP contribution in [-0.4, -0.2) is 51.2 Å². The predicted molar refractivity (Wildman–Crippen MR) is 84.9 cm³/mol. The summed E-state index contributed by atoms with van der Waals surface area (Å²) in [4.78, 5) is 9.08. The zero-order valence-electron chi connectivity index (χ0n) is 13.0. The molecule has 1 heterocycles. The normalized spacial score (nSPS) is 11.1. The van der Waals surface area contributed by atoms with Crippen LogP contribution < -0.4 is 9.64 Å². The Labute approximate surface area is 121 Å². The Morgan fingerprint density at radius 1 is 1.15 bits per heavy atom. The van der Waals surface area contributed by atoms with E-state index in [9.17, 15) is 0 Å². The molecule has 0 bridgehead atoms. The van der Waals surface area contributed by atoms with Crippen molar-refractivity contribution in [3.8, 4) is 5.75 Å². The van der Waals surface area contributed by atoms with Crippen LogP contribution in [0.3, 0.4) is 0 Å².